The van der Waals surface area contributed by atoms with Crippen LogP contribution in [0.5, 0.6) is 0 Å². The third kappa shape index (κ3) is 2.95. The minimum Gasteiger partial charge on any atom is -0.478 e. The van der Waals surface area contributed by atoms with Gasteiger partial charge >= 0.3 is 12.1 Å². The molecule has 5 rings (SSSR count). The monoisotopic (exact) mass is 400 g/mol. The topological polar surface area (TPSA) is 106 Å². The first-order chi connectivity index (χ1) is 14.6. The fourth-order valence-corrected chi connectivity index (χ4v) is 3.85. The van der Waals surface area contributed by atoms with Gasteiger partial charge < -0.3 is 9.84 Å². The van der Waals surface area contributed by atoms with Gasteiger partial charge in [0.15, 0.2) is 5.65 Å². The van der Waals surface area contributed by atoms with Crippen LogP contribution in [0.1, 0.15) is 27.4 Å². The molecule has 0 aliphatic heterocycles. The van der Waals surface area contributed by atoms with Gasteiger partial charge in [-0.2, -0.15) is 4.98 Å². The molecule has 0 saturated heterocycles. The molecule has 0 bridgehead atoms. The van der Waals surface area contributed by atoms with Crippen LogP contribution in [-0.4, -0.2) is 38.4 Å². The molecule has 8 heteroatoms. The number of fused-ring (bicyclic) bond motifs is 4. The summed E-state index contributed by atoms with van der Waals surface area (Å²) in [5.41, 5.74) is 4.65. The fourth-order valence-electron chi connectivity index (χ4n) is 3.85. The number of carboxylic acid groups (broad SMARTS) is 1. The number of carbonyl (C=O) groups excluding carboxylic acids is 1. The highest BCUT2D eigenvalue weighted by Gasteiger charge is 2.29. The zero-order valence-corrected chi connectivity index (χ0v) is 15.6. The van der Waals surface area contributed by atoms with Crippen molar-refractivity contribution in [3.05, 3.63) is 83.6 Å². The number of carbonyl (C=O) groups is 2. The highest BCUT2D eigenvalue weighted by molar-refractivity contribution is 5.94. The molecule has 0 fully saturated rings. The number of aromatic carboxylic acids is 1. The highest BCUT2D eigenvalue weighted by Crippen LogP contribution is 2.44. The normalized spacial score (nSPS) is 12.4. The van der Waals surface area contributed by atoms with Gasteiger partial charge in [-0.05, 0) is 34.4 Å². The average Bonchev–Trinajstić information content (AvgIpc) is 3.30. The quantitative estimate of drug-likeness (QED) is 0.540. The number of benzene rings is 2. The Kier molecular flexibility index (Phi) is 4.17. The van der Waals surface area contributed by atoms with Crippen molar-refractivity contribution in [2.24, 2.45) is 0 Å². The Hall–Kier alpha value is -4.20. The molecule has 4 aromatic rings. The zero-order valence-electron chi connectivity index (χ0n) is 15.6. The van der Waals surface area contributed by atoms with Gasteiger partial charge in [0.2, 0.25) is 0 Å². The second-order valence-electron chi connectivity index (χ2n) is 6.88. The van der Waals surface area contributed by atoms with Gasteiger partial charge in [-0.3, -0.25) is 5.32 Å². The maximum Gasteiger partial charge on any atom is 0.414 e. The predicted octanol–water partition coefficient (Wildman–Crippen LogP) is 3.79. The second-order valence-corrected chi connectivity index (χ2v) is 6.88. The van der Waals surface area contributed by atoms with Crippen LogP contribution in [0.2, 0.25) is 0 Å². The zero-order chi connectivity index (χ0) is 20.7. The van der Waals surface area contributed by atoms with Crippen LogP contribution in [-0.2, 0) is 4.74 Å². The minimum absolute atomic E-state index is 0.00872. The number of rotatable bonds is 4. The van der Waals surface area contributed by atoms with Crippen LogP contribution in [0, 0.1) is 0 Å². The first-order valence-electron chi connectivity index (χ1n) is 9.32. The van der Waals surface area contributed by atoms with Gasteiger partial charge in [-0.1, -0.05) is 48.5 Å². The third-order valence-electron chi connectivity index (χ3n) is 5.15. The van der Waals surface area contributed by atoms with Crippen molar-refractivity contribution in [1.82, 2.24) is 14.6 Å². The fraction of sp³-hybridized carbons (Fsp3) is 0.0909. The lowest BCUT2D eigenvalue weighted by molar-refractivity contribution is 0.0698. The molecule has 1 aliphatic carbocycles. The molecule has 0 unspecified atom stereocenters. The molecule has 0 atom stereocenters. The van der Waals surface area contributed by atoms with E-state index in [4.69, 9.17) is 4.74 Å². The Labute approximate surface area is 170 Å². The van der Waals surface area contributed by atoms with Gasteiger partial charge in [-0.15, -0.1) is 5.10 Å². The summed E-state index contributed by atoms with van der Waals surface area (Å²) >= 11 is 0. The van der Waals surface area contributed by atoms with Crippen LogP contribution in [0.15, 0.2) is 66.9 Å². The van der Waals surface area contributed by atoms with Crippen molar-refractivity contribution >= 4 is 23.7 Å². The lowest BCUT2D eigenvalue weighted by atomic mass is 9.98. The van der Waals surface area contributed by atoms with Crippen molar-refractivity contribution in [2.45, 2.75) is 5.92 Å². The molecule has 1 aliphatic rings. The number of aromatic nitrogens is 3. The standard InChI is InChI=1S/C22H16N4O4/c27-20(28)17-10-5-11-26-19(17)23-21(25-26)24-22(29)30-12-18-15-8-3-1-6-13(15)14-7-2-4-9-16(14)18/h1-11,18H,12H2,(H,27,28)(H,24,25,29). The van der Waals surface area contributed by atoms with E-state index in [0.717, 1.165) is 22.3 Å². The van der Waals surface area contributed by atoms with Gasteiger partial charge in [0, 0.05) is 12.1 Å². The Balaban J connectivity index is 1.33. The molecule has 1 amide bonds. The number of pyridine rings is 1. The summed E-state index contributed by atoms with van der Waals surface area (Å²) in [6, 6.07) is 19.1. The molecule has 0 spiro atoms. The molecule has 148 valence electrons. The molecular formula is C22H16N4O4. The van der Waals surface area contributed by atoms with Crippen LogP contribution in [0.25, 0.3) is 16.8 Å². The summed E-state index contributed by atoms with van der Waals surface area (Å²) in [7, 11) is 0. The smallest absolute Gasteiger partial charge is 0.414 e. The van der Waals surface area contributed by atoms with E-state index in [-0.39, 0.29) is 29.7 Å². The average molecular weight is 400 g/mol. The number of hydrogen-bond donors (Lipinski definition) is 2. The molecular weight excluding hydrogens is 384 g/mol. The molecule has 2 aromatic carbocycles. The van der Waals surface area contributed by atoms with E-state index in [0.29, 0.717) is 0 Å². The van der Waals surface area contributed by atoms with Gasteiger partial charge in [0.05, 0.1) is 0 Å². The Morgan fingerprint density at radius 2 is 1.67 bits per heavy atom. The third-order valence-corrected chi connectivity index (χ3v) is 5.15. The van der Waals surface area contributed by atoms with E-state index in [2.05, 4.69) is 27.5 Å². The number of amides is 1. The van der Waals surface area contributed by atoms with Crippen molar-refractivity contribution in [3.63, 3.8) is 0 Å². The van der Waals surface area contributed by atoms with Gasteiger partial charge in [0.25, 0.3) is 5.95 Å². The van der Waals surface area contributed by atoms with Crippen molar-refractivity contribution in [2.75, 3.05) is 11.9 Å². The van der Waals surface area contributed by atoms with Gasteiger partial charge in [-0.25, -0.2) is 14.1 Å². The maximum atomic E-state index is 12.3. The Morgan fingerprint density at radius 1 is 1.00 bits per heavy atom. The van der Waals surface area contributed by atoms with E-state index in [1.54, 1.807) is 12.3 Å². The maximum absolute atomic E-state index is 12.3. The first kappa shape index (κ1) is 17.9. The lowest BCUT2D eigenvalue weighted by Crippen LogP contribution is -2.18. The van der Waals surface area contributed by atoms with E-state index in [1.807, 2.05) is 36.4 Å². The van der Waals surface area contributed by atoms with E-state index in [1.165, 1.54) is 10.6 Å². The van der Waals surface area contributed by atoms with Crippen molar-refractivity contribution in [1.29, 1.82) is 0 Å². The van der Waals surface area contributed by atoms with Gasteiger partial charge in [0.1, 0.15) is 12.2 Å². The number of anilines is 1. The van der Waals surface area contributed by atoms with Crippen molar-refractivity contribution < 1.29 is 19.4 Å². The molecule has 30 heavy (non-hydrogen) atoms. The SMILES string of the molecule is O=C(Nc1nc2c(C(=O)O)cccn2n1)OCC1c2ccccc2-c2ccccc21. The molecule has 8 nitrogen and oxygen atoms in total. The number of ether oxygens (including phenoxy) is 1. The Bertz CT molecular complexity index is 1250. The summed E-state index contributed by atoms with van der Waals surface area (Å²) in [6.07, 6.45) is 0.849. The van der Waals surface area contributed by atoms with E-state index < -0.39 is 12.1 Å². The summed E-state index contributed by atoms with van der Waals surface area (Å²) in [5, 5.41) is 15.8. The van der Waals surface area contributed by atoms with Crippen LogP contribution in [0.3, 0.4) is 0 Å². The lowest BCUT2D eigenvalue weighted by Gasteiger charge is -2.13. The molecule has 2 heterocycles. The minimum atomic E-state index is -1.12. The summed E-state index contributed by atoms with van der Waals surface area (Å²) in [4.78, 5) is 27.7. The van der Waals surface area contributed by atoms with Crippen LogP contribution in [0.4, 0.5) is 10.7 Å². The van der Waals surface area contributed by atoms with E-state index in [9.17, 15) is 14.7 Å². The van der Waals surface area contributed by atoms with Crippen LogP contribution < -0.4 is 5.32 Å². The van der Waals surface area contributed by atoms with Crippen molar-refractivity contribution in [3.8, 4) is 11.1 Å². The number of nitrogens with one attached hydrogen (secondary N) is 1. The summed E-state index contributed by atoms with van der Waals surface area (Å²) in [5.74, 6) is -1.21. The number of nitrogens with zero attached hydrogens (tertiary/aromatic N) is 3. The Morgan fingerprint density at radius 3 is 2.33 bits per heavy atom. The molecule has 0 radical (unpaired) electrons. The number of hydrogen-bond acceptors (Lipinski definition) is 5. The second kappa shape index (κ2) is 7.00. The summed E-state index contributed by atoms with van der Waals surface area (Å²) in [6.45, 7) is 0.160. The van der Waals surface area contributed by atoms with E-state index >= 15 is 0 Å². The largest absolute Gasteiger partial charge is 0.478 e. The highest BCUT2D eigenvalue weighted by atomic mass is 16.5. The van der Waals surface area contributed by atoms with Crippen LogP contribution >= 0.6 is 0 Å². The molecule has 2 aromatic heterocycles. The predicted molar refractivity (Wildman–Crippen MR) is 109 cm³/mol. The molecule has 2 N–H and O–H groups in total. The number of carboxylic acids is 1. The summed E-state index contributed by atoms with van der Waals surface area (Å²) < 4.78 is 6.76. The molecule has 0 saturated carbocycles. The first-order valence-corrected chi connectivity index (χ1v) is 9.32.